The van der Waals surface area contributed by atoms with Crippen molar-refractivity contribution in [1.29, 1.82) is 0 Å². The number of rotatable bonds is 7. The molecule has 0 unspecified atom stereocenters. The number of amides is 1. The maximum Gasteiger partial charge on any atom is 0.220 e. The molecule has 0 bridgehead atoms. The molecule has 2 N–H and O–H groups in total. The molecule has 3 nitrogen and oxygen atoms in total. The van der Waals surface area contributed by atoms with Gasteiger partial charge in [-0.25, -0.2) is 0 Å². The molecule has 0 aliphatic heterocycles. The molecule has 1 amide bonds. The fraction of sp³-hybridized carbons (Fsp3) is 0.278. The highest BCUT2D eigenvalue weighted by molar-refractivity contribution is 6.30. The summed E-state index contributed by atoms with van der Waals surface area (Å²) in [5, 5.41) is 13.0. The highest BCUT2D eigenvalue weighted by Crippen LogP contribution is 2.13. The summed E-state index contributed by atoms with van der Waals surface area (Å²) in [5.74, 6) is -0.0446. The summed E-state index contributed by atoms with van der Waals surface area (Å²) in [6, 6.07) is 16.8. The summed E-state index contributed by atoms with van der Waals surface area (Å²) in [6.45, 7) is -0.104. The third-order valence-corrected chi connectivity index (χ3v) is 3.75. The fourth-order valence-corrected chi connectivity index (χ4v) is 2.42. The second-order valence-electron chi connectivity index (χ2n) is 5.19. The van der Waals surface area contributed by atoms with Crippen molar-refractivity contribution in [2.45, 2.75) is 25.3 Å². The summed E-state index contributed by atoms with van der Waals surface area (Å²) in [5.41, 5.74) is 2.08. The van der Waals surface area contributed by atoms with Crippen molar-refractivity contribution in [2.24, 2.45) is 0 Å². The predicted octanol–water partition coefficient (Wildman–Crippen LogP) is 3.51. The topological polar surface area (TPSA) is 49.3 Å². The quantitative estimate of drug-likeness (QED) is 0.821. The third kappa shape index (κ3) is 5.17. The predicted molar refractivity (Wildman–Crippen MR) is 88.8 cm³/mol. The second-order valence-corrected chi connectivity index (χ2v) is 5.63. The minimum absolute atomic E-state index is 0.0446. The van der Waals surface area contributed by atoms with E-state index in [0.717, 1.165) is 23.4 Å². The number of aliphatic hydroxyl groups is 1. The Hall–Kier alpha value is -1.84. The maximum absolute atomic E-state index is 12.0. The van der Waals surface area contributed by atoms with Gasteiger partial charge < -0.3 is 10.4 Å². The Morgan fingerprint density at radius 2 is 1.77 bits per heavy atom. The lowest BCUT2D eigenvalue weighted by atomic mass is 10.1. The number of aliphatic hydroxyl groups excluding tert-OH is 1. The van der Waals surface area contributed by atoms with E-state index in [1.54, 1.807) is 0 Å². The lowest BCUT2D eigenvalue weighted by molar-refractivity contribution is -0.122. The van der Waals surface area contributed by atoms with E-state index in [0.29, 0.717) is 6.42 Å². The highest BCUT2D eigenvalue weighted by Gasteiger charge is 2.12. The number of halogens is 1. The molecule has 2 rings (SSSR count). The largest absolute Gasteiger partial charge is 0.394 e. The Morgan fingerprint density at radius 1 is 1.09 bits per heavy atom. The van der Waals surface area contributed by atoms with Crippen LogP contribution in [-0.4, -0.2) is 17.6 Å². The SMILES string of the molecule is O=C(CCCc1ccc(Cl)cc1)N[C@@H](CO)c1ccccc1. The van der Waals surface area contributed by atoms with Gasteiger partial charge in [0.15, 0.2) is 0 Å². The van der Waals surface area contributed by atoms with Crippen LogP contribution in [0.25, 0.3) is 0 Å². The molecular weight excluding hydrogens is 298 g/mol. The van der Waals surface area contributed by atoms with E-state index in [9.17, 15) is 9.90 Å². The number of nitrogens with one attached hydrogen (secondary N) is 1. The number of aryl methyl sites for hydroxylation is 1. The monoisotopic (exact) mass is 317 g/mol. The van der Waals surface area contributed by atoms with Gasteiger partial charge in [0.1, 0.15) is 0 Å². The van der Waals surface area contributed by atoms with E-state index in [1.807, 2.05) is 54.6 Å². The molecule has 22 heavy (non-hydrogen) atoms. The molecule has 0 aliphatic rings. The first-order chi connectivity index (χ1) is 10.7. The molecule has 1 atom stereocenters. The molecule has 0 saturated heterocycles. The van der Waals surface area contributed by atoms with Gasteiger partial charge in [-0.05, 0) is 36.1 Å². The normalized spacial score (nSPS) is 11.9. The number of hydrogen-bond acceptors (Lipinski definition) is 2. The second kappa shape index (κ2) is 8.57. The van der Waals surface area contributed by atoms with E-state index in [4.69, 9.17) is 11.6 Å². The van der Waals surface area contributed by atoms with Crippen LogP contribution < -0.4 is 5.32 Å². The van der Waals surface area contributed by atoms with Gasteiger partial charge in [0.2, 0.25) is 5.91 Å². The van der Waals surface area contributed by atoms with Crippen molar-refractivity contribution in [3.63, 3.8) is 0 Å². The minimum Gasteiger partial charge on any atom is -0.394 e. The molecule has 0 aliphatic carbocycles. The number of carbonyl (C=O) groups excluding carboxylic acids is 1. The van der Waals surface area contributed by atoms with Crippen molar-refractivity contribution in [3.05, 3.63) is 70.7 Å². The van der Waals surface area contributed by atoms with Crippen molar-refractivity contribution >= 4 is 17.5 Å². The molecule has 0 radical (unpaired) electrons. The Labute approximate surface area is 135 Å². The van der Waals surface area contributed by atoms with Crippen LogP contribution >= 0.6 is 11.6 Å². The van der Waals surface area contributed by atoms with E-state index in [2.05, 4.69) is 5.32 Å². The van der Waals surface area contributed by atoms with E-state index >= 15 is 0 Å². The first-order valence-electron chi connectivity index (χ1n) is 7.38. The Kier molecular flexibility index (Phi) is 6.44. The smallest absolute Gasteiger partial charge is 0.220 e. The van der Waals surface area contributed by atoms with Crippen molar-refractivity contribution in [1.82, 2.24) is 5.32 Å². The molecule has 0 spiro atoms. The van der Waals surface area contributed by atoms with Crippen LogP contribution in [0.5, 0.6) is 0 Å². The Morgan fingerprint density at radius 3 is 2.41 bits per heavy atom. The number of hydrogen-bond donors (Lipinski definition) is 2. The van der Waals surface area contributed by atoms with Gasteiger partial charge >= 0.3 is 0 Å². The highest BCUT2D eigenvalue weighted by atomic mass is 35.5. The van der Waals surface area contributed by atoms with Crippen LogP contribution in [0, 0.1) is 0 Å². The summed E-state index contributed by atoms with van der Waals surface area (Å²) in [4.78, 5) is 12.0. The molecule has 0 fully saturated rings. The van der Waals surface area contributed by atoms with Gasteiger partial charge in [0.25, 0.3) is 0 Å². The van der Waals surface area contributed by atoms with Gasteiger partial charge in [0.05, 0.1) is 12.6 Å². The van der Waals surface area contributed by atoms with Crippen LogP contribution in [0.2, 0.25) is 5.02 Å². The summed E-state index contributed by atoms with van der Waals surface area (Å²) in [7, 11) is 0. The molecule has 116 valence electrons. The van der Waals surface area contributed by atoms with Crippen LogP contribution in [0.4, 0.5) is 0 Å². The molecule has 4 heteroatoms. The van der Waals surface area contributed by atoms with Gasteiger partial charge in [-0.1, -0.05) is 54.1 Å². The van der Waals surface area contributed by atoms with Gasteiger partial charge in [-0.2, -0.15) is 0 Å². The standard InChI is InChI=1S/C18H20ClNO2/c19-16-11-9-14(10-12-16)5-4-8-18(22)20-17(13-21)15-6-2-1-3-7-15/h1-3,6-7,9-12,17,21H,4-5,8,13H2,(H,20,22)/t17-/m0/s1. The number of benzene rings is 2. The van der Waals surface area contributed by atoms with Crippen LogP contribution in [-0.2, 0) is 11.2 Å². The lowest BCUT2D eigenvalue weighted by Crippen LogP contribution is -2.30. The molecule has 0 saturated carbocycles. The fourth-order valence-electron chi connectivity index (χ4n) is 2.29. The van der Waals surface area contributed by atoms with Gasteiger partial charge in [0, 0.05) is 11.4 Å². The first kappa shape index (κ1) is 16.5. The van der Waals surface area contributed by atoms with Crippen LogP contribution in [0.1, 0.15) is 30.0 Å². The average molecular weight is 318 g/mol. The zero-order valence-corrected chi connectivity index (χ0v) is 13.1. The van der Waals surface area contributed by atoms with E-state index in [1.165, 1.54) is 5.56 Å². The summed E-state index contributed by atoms with van der Waals surface area (Å²) in [6.07, 6.45) is 2.03. The Bertz CT molecular complexity index is 584. The van der Waals surface area contributed by atoms with Crippen molar-refractivity contribution in [3.8, 4) is 0 Å². The molecule has 0 heterocycles. The number of carbonyl (C=O) groups is 1. The van der Waals surface area contributed by atoms with Crippen LogP contribution in [0.3, 0.4) is 0 Å². The zero-order chi connectivity index (χ0) is 15.8. The molecule has 2 aromatic rings. The maximum atomic E-state index is 12.0. The third-order valence-electron chi connectivity index (χ3n) is 3.50. The summed E-state index contributed by atoms with van der Waals surface area (Å²) < 4.78 is 0. The zero-order valence-electron chi connectivity index (χ0n) is 12.3. The molecule has 0 aromatic heterocycles. The van der Waals surface area contributed by atoms with Gasteiger partial charge in [-0.15, -0.1) is 0 Å². The van der Waals surface area contributed by atoms with Gasteiger partial charge in [-0.3, -0.25) is 4.79 Å². The first-order valence-corrected chi connectivity index (χ1v) is 7.76. The van der Waals surface area contributed by atoms with E-state index < -0.39 is 0 Å². The van der Waals surface area contributed by atoms with Crippen LogP contribution in [0.15, 0.2) is 54.6 Å². The minimum atomic E-state index is -0.343. The van der Waals surface area contributed by atoms with E-state index in [-0.39, 0.29) is 18.6 Å². The molecule has 2 aromatic carbocycles. The average Bonchev–Trinajstić information content (AvgIpc) is 2.55. The Balaban J connectivity index is 1.78. The molecular formula is C18H20ClNO2. The van der Waals surface area contributed by atoms with Crippen molar-refractivity contribution in [2.75, 3.05) is 6.61 Å². The summed E-state index contributed by atoms with van der Waals surface area (Å²) >= 11 is 5.84. The lowest BCUT2D eigenvalue weighted by Gasteiger charge is -2.16. The van der Waals surface area contributed by atoms with Crippen molar-refractivity contribution < 1.29 is 9.90 Å².